The third-order valence-corrected chi connectivity index (χ3v) is 12.4. The average molecular weight is 736 g/mol. The second-order valence-corrected chi connectivity index (χ2v) is 15.7. The summed E-state index contributed by atoms with van der Waals surface area (Å²) in [6, 6.07) is 64.7. The molecule has 8 aromatic rings. The van der Waals surface area contributed by atoms with E-state index in [1.807, 2.05) is 0 Å². The quantitative estimate of drug-likeness (QED) is 0.130. The third kappa shape index (κ3) is 6.89. The van der Waals surface area contributed by atoms with Crippen LogP contribution in [0, 0.1) is 5.92 Å². The number of allylic oxidation sites excluding steroid dienone is 5. The number of benzene rings is 7. The molecule has 9 rings (SSSR count). The Bertz CT molecular complexity index is 2740. The van der Waals surface area contributed by atoms with Gasteiger partial charge in [0.2, 0.25) is 0 Å². The summed E-state index contributed by atoms with van der Waals surface area (Å²) >= 11 is 0. The maximum absolute atomic E-state index is 4.61. The fourth-order valence-corrected chi connectivity index (χ4v) is 9.27. The van der Waals surface area contributed by atoms with E-state index in [4.69, 9.17) is 0 Å². The first-order chi connectivity index (χ1) is 28.0. The number of hydrogen-bond acceptors (Lipinski definition) is 0. The van der Waals surface area contributed by atoms with E-state index in [-0.39, 0.29) is 11.8 Å². The molecular formula is C56H49N. The van der Waals surface area contributed by atoms with Gasteiger partial charge in [-0.2, -0.15) is 0 Å². The number of para-hydroxylation sites is 2. The highest BCUT2D eigenvalue weighted by atomic mass is 15.0. The van der Waals surface area contributed by atoms with Crippen molar-refractivity contribution in [2.75, 3.05) is 0 Å². The Morgan fingerprint density at radius 3 is 1.91 bits per heavy atom. The van der Waals surface area contributed by atoms with E-state index in [0.717, 1.165) is 18.4 Å². The van der Waals surface area contributed by atoms with Crippen molar-refractivity contribution in [3.8, 4) is 16.8 Å². The van der Waals surface area contributed by atoms with Crippen molar-refractivity contribution in [1.29, 1.82) is 0 Å². The van der Waals surface area contributed by atoms with Crippen LogP contribution in [0.5, 0.6) is 0 Å². The summed E-state index contributed by atoms with van der Waals surface area (Å²) in [5, 5.41) is 2.55. The molecule has 0 spiro atoms. The van der Waals surface area contributed by atoms with Gasteiger partial charge in [-0.3, -0.25) is 0 Å². The van der Waals surface area contributed by atoms with E-state index in [1.165, 1.54) is 83.1 Å². The average Bonchev–Trinajstić information content (AvgIpc) is 3.55. The molecule has 0 saturated carbocycles. The molecule has 1 heteroatoms. The van der Waals surface area contributed by atoms with Crippen molar-refractivity contribution >= 4 is 38.5 Å². The predicted molar refractivity (Wildman–Crippen MR) is 245 cm³/mol. The lowest BCUT2D eigenvalue weighted by Crippen LogP contribution is -2.11. The zero-order valence-electron chi connectivity index (χ0n) is 33.2. The molecule has 0 N–H and O–H groups in total. The molecule has 0 fully saturated rings. The fourth-order valence-electron chi connectivity index (χ4n) is 9.27. The first kappa shape index (κ1) is 36.2. The molecule has 57 heavy (non-hydrogen) atoms. The summed E-state index contributed by atoms with van der Waals surface area (Å²) in [5.74, 6) is 0.781. The topological polar surface area (TPSA) is 4.93 Å². The Kier molecular flexibility index (Phi) is 9.91. The minimum Gasteiger partial charge on any atom is -0.309 e. The molecule has 0 bridgehead atoms. The standard InChI is InChI=1S/C56H49N/c1-5-41(39(3)42-20-8-6-9-21-42)33-46(43-22-10-7-11-23-43)32-38(2)45-34-47(54-37-44-24-12-13-26-50(44)51-27-15-14-25-49(51)40(54)4)36-48(35-45)57-55-30-18-16-28-52(55)53-29-17-19-31-56(53)57/h6-36,40-41,54H,3,5,37H2,1-2,4H3/b38-32+,46-33+/t40-,41?,54?/m0/s1. The molecule has 2 unspecified atom stereocenters. The van der Waals surface area contributed by atoms with Crippen molar-refractivity contribution in [3.63, 3.8) is 0 Å². The van der Waals surface area contributed by atoms with Crippen LogP contribution in [0.25, 0.3) is 55.3 Å². The summed E-state index contributed by atoms with van der Waals surface area (Å²) in [5.41, 5.74) is 17.8. The van der Waals surface area contributed by atoms with Crippen LogP contribution in [0.2, 0.25) is 0 Å². The molecule has 1 nitrogen and oxygen atoms in total. The van der Waals surface area contributed by atoms with Crippen molar-refractivity contribution in [2.45, 2.75) is 45.4 Å². The summed E-state index contributed by atoms with van der Waals surface area (Å²) in [6.45, 7) is 11.6. The molecular weight excluding hydrogens is 687 g/mol. The van der Waals surface area contributed by atoms with Crippen LogP contribution in [0.3, 0.4) is 0 Å². The maximum Gasteiger partial charge on any atom is 0.0541 e. The monoisotopic (exact) mass is 735 g/mol. The maximum atomic E-state index is 4.61. The first-order valence-corrected chi connectivity index (χ1v) is 20.5. The molecule has 1 aliphatic rings. The van der Waals surface area contributed by atoms with Crippen molar-refractivity contribution in [1.82, 2.24) is 4.57 Å². The lowest BCUT2D eigenvalue weighted by Gasteiger charge is -2.26. The van der Waals surface area contributed by atoms with Crippen LogP contribution in [-0.4, -0.2) is 4.57 Å². The van der Waals surface area contributed by atoms with Gasteiger partial charge in [-0.1, -0.05) is 184 Å². The Morgan fingerprint density at radius 1 is 0.649 bits per heavy atom. The normalized spacial score (nSPS) is 16.2. The molecule has 1 heterocycles. The van der Waals surface area contributed by atoms with Crippen molar-refractivity contribution < 1.29 is 0 Å². The zero-order chi connectivity index (χ0) is 38.9. The Hall–Kier alpha value is -6.44. The summed E-state index contributed by atoms with van der Waals surface area (Å²) in [7, 11) is 0. The minimum atomic E-state index is 0.193. The van der Waals surface area contributed by atoms with E-state index in [1.54, 1.807) is 0 Å². The van der Waals surface area contributed by atoms with Gasteiger partial charge in [0.05, 0.1) is 11.0 Å². The molecule has 278 valence electrons. The van der Waals surface area contributed by atoms with Gasteiger partial charge in [0, 0.05) is 22.4 Å². The van der Waals surface area contributed by atoms with E-state index < -0.39 is 0 Å². The highest BCUT2D eigenvalue weighted by molar-refractivity contribution is 6.09. The van der Waals surface area contributed by atoms with Gasteiger partial charge in [-0.15, -0.1) is 0 Å². The summed E-state index contributed by atoms with van der Waals surface area (Å²) in [4.78, 5) is 0. The SMILES string of the molecule is C=C(c1ccccc1)C(/C=C(\C=C(/C)c1cc(C2Cc3ccccc3-c3ccccc3[C@@H]2C)cc(-n2c3ccccc3c3ccccc32)c1)c1ccccc1)CC. The van der Waals surface area contributed by atoms with E-state index in [0.29, 0.717) is 5.92 Å². The number of nitrogens with zero attached hydrogens (tertiary/aromatic N) is 1. The third-order valence-electron chi connectivity index (χ3n) is 12.4. The highest BCUT2D eigenvalue weighted by Crippen LogP contribution is 2.46. The van der Waals surface area contributed by atoms with E-state index in [2.05, 4.69) is 220 Å². The zero-order valence-corrected chi connectivity index (χ0v) is 33.2. The van der Waals surface area contributed by atoms with Gasteiger partial charge in [0.25, 0.3) is 0 Å². The van der Waals surface area contributed by atoms with Crippen molar-refractivity contribution in [2.24, 2.45) is 5.92 Å². The molecule has 7 aromatic carbocycles. The van der Waals surface area contributed by atoms with Gasteiger partial charge in [0.15, 0.2) is 0 Å². The molecule has 0 radical (unpaired) electrons. The lowest BCUT2D eigenvalue weighted by molar-refractivity contribution is 0.579. The highest BCUT2D eigenvalue weighted by Gasteiger charge is 2.29. The summed E-state index contributed by atoms with van der Waals surface area (Å²) in [6.07, 6.45) is 6.78. The first-order valence-electron chi connectivity index (χ1n) is 20.5. The van der Waals surface area contributed by atoms with Gasteiger partial charge in [-0.05, 0) is 117 Å². The van der Waals surface area contributed by atoms with Crippen LogP contribution in [0.15, 0.2) is 195 Å². The molecule has 0 aliphatic heterocycles. The molecule has 3 atom stereocenters. The van der Waals surface area contributed by atoms with E-state index >= 15 is 0 Å². The van der Waals surface area contributed by atoms with Gasteiger partial charge >= 0.3 is 0 Å². The lowest BCUT2D eigenvalue weighted by atomic mass is 9.79. The molecule has 0 amide bonds. The Balaban J connectivity index is 1.25. The van der Waals surface area contributed by atoms with Gasteiger partial charge in [-0.25, -0.2) is 0 Å². The second-order valence-electron chi connectivity index (χ2n) is 15.7. The Labute approximate surface area is 338 Å². The van der Waals surface area contributed by atoms with E-state index in [9.17, 15) is 0 Å². The van der Waals surface area contributed by atoms with Gasteiger partial charge < -0.3 is 4.57 Å². The van der Waals surface area contributed by atoms with Crippen LogP contribution < -0.4 is 0 Å². The van der Waals surface area contributed by atoms with Crippen LogP contribution in [0.4, 0.5) is 0 Å². The van der Waals surface area contributed by atoms with Gasteiger partial charge in [0.1, 0.15) is 0 Å². The molecule has 0 saturated heterocycles. The number of hydrogen-bond donors (Lipinski definition) is 0. The number of fused-ring (bicyclic) bond motifs is 6. The minimum absolute atomic E-state index is 0.193. The molecule has 1 aliphatic carbocycles. The largest absolute Gasteiger partial charge is 0.309 e. The number of aromatic nitrogens is 1. The van der Waals surface area contributed by atoms with Crippen LogP contribution in [-0.2, 0) is 6.42 Å². The fraction of sp³-hybridized carbons (Fsp3) is 0.143. The van der Waals surface area contributed by atoms with Crippen molar-refractivity contribution in [3.05, 3.63) is 228 Å². The second kappa shape index (κ2) is 15.6. The Morgan fingerprint density at radius 2 is 1.23 bits per heavy atom. The van der Waals surface area contributed by atoms with Crippen LogP contribution >= 0.6 is 0 Å². The predicted octanol–water partition coefficient (Wildman–Crippen LogP) is 15.1. The number of rotatable bonds is 9. The van der Waals surface area contributed by atoms with Crippen LogP contribution in [0.1, 0.15) is 72.4 Å². The summed E-state index contributed by atoms with van der Waals surface area (Å²) < 4.78 is 2.49. The molecule has 1 aromatic heterocycles. The smallest absolute Gasteiger partial charge is 0.0541 e.